The Morgan fingerprint density at radius 2 is 1.11 bits per heavy atom. The molecule has 164 valence electrons. The molecule has 0 saturated heterocycles. The van der Waals surface area contributed by atoms with Gasteiger partial charge in [0.05, 0.1) is 0 Å². The first kappa shape index (κ1) is 19.6. The third kappa shape index (κ3) is 2.78. The molecule has 4 aromatic carbocycles. The second kappa shape index (κ2) is 7.14. The molecule has 0 radical (unpaired) electrons. The molecule has 0 bridgehead atoms. The molecular weight excluding hydrogens is 460 g/mol. The molecule has 0 amide bonds. The molecule has 2 aliphatic rings. The molecule has 0 spiro atoms. The fraction of sp³-hybridized carbons (Fsp3) is 0.0303. The molecule has 0 atom stereocenters. The van der Waals surface area contributed by atoms with Crippen molar-refractivity contribution in [1.82, 2.24) is 0 Å². The van der Waals surface area contributed by atoms with Gasteiger partial charge in [0.25, 0.3) is 0 Å². The van der Waals surface area contributed by atoms with Crippen molar-refractivity contribution in [2.45, 2.75) is 6.92 Å². The molecule has 35 heavy (non-hydrogen) atoms. The summed E-state index contributed by atoms with van der Waals surface area (Å²) in [5.41, 5.74) is 3.73. The molecule has 0 fully saturated rings. The number of thiophene rings is 2. The SMILES string of the molecule is Cc1cc2c(s1)=c1ccc3c4c(ccc=2c14)=c1cc(/C=C/c2ccc(-c4ccccc4)cc2)sc1=3. The molecule has 0 N–H and O–H groups in total. The van der Waals surface area contributed by atoms with E-state index >= 15 is 0 Å². The van der Waals surface area contributed by atoms with Crippen molar-refractivity contribution in [2.75, 3.05) is 0 Å². The van der Waals surface area contributed by atoms with Crippen LogP contribution in [0.4, 0.5) is 0 Å². The molecule has 2 heterocycles. The molecular formula is C33H20S2. The van der Waals surface area contributed by atoms with Gasteiger partial charge in [-0.25, -0.2) is 0 Å². The van der Waals surface area contributed by atoms with Gasteiger partial charge < -0.3 is 0 Å². The van der Waals surface area contributed by atoms with Gasteiger partial charge in [-0.05, 0) is 63.0 Å². The summed E-state index contributed by atoms with van der Waals surface area (Å²) in [6.07, 6.45) is 4.49. The van der Waals surface area contributed by atoms with Crippen molar-refractivity contribution in [3.63, 3.8) is 0 Å². The smallest absolute Gasteiger partial charge is 0.0434 e. The van der Waals surface area contributed by atoms with Crippen LogP contribution in [-0.2, 0) is 0 Å². The van der Waals surface area contributed by atoms with Gasteiger partial charge in [0.2, 0.25) is 0 Å². The van der Waals surface area contributed by atoms with Crippen LogP contribution in [0.2, 0.25) is 0 Å². The van der Waals surface area contributed by atoms with Gasteiger partial charge in [-0.15, -0.1) is 22.7 Å². The van der Waals surface area contributed by atoms with Gasteiger partial charge in [-0.1, -0.05) is 84.9 Å². The highest BCUT2D eigenvalue weighted by Gasteiger charge is 2.14. The van der Waals surface area contributed by atoms with E-state index in [1.807, 2.05) is 22.7 Å². The van der Waals surface area contributed by atoms with Gasteiger partial charge in [0, 0.05) is 39.7 Å². The van der Waals surface area contributed by atoms with Crippen LogP contribution in [-0.4, -0.2) is 0 Å². The van der Waals surface area contributed by atoms with Gasteiger partial charge in [0.1, 0.15) is 0 Å². The molecule has 8 rings (SSSR count). The second-order valence-electron chi connectivity index (χ2n) is 9.38. The molecule has 2 aromatic heterocycles. The van der Waals surface area contributed by atoms with Crippen LogP contribution in [0, 0.1) is 47.3 Å². The van der Waals surface area contributed by atoms with Crippen LogP contribution in [0.15, 0.2) is 91.0 Å². The molecule has 6 aromatic rings. The molecule has 0 unspecified atom stereocenters. The predicted molar refractivity (Wildman–Crippen MR) is 149 cm³/mol. The monoisotopic (exact) mass is 480 g/mol. The summed E-state index contributed by atoms with van der Waals surface area (Å²) in [7, 11) is 0. The minimum absolute atomic E-state index is 1.22. The molecule has 0 aliphatic heterocycles. The van der Waals surface area contributed by atoms with E-state index in [0.717, 1.165) is 0 Å². The Balaban J connectivity index is 1.25. The minimum atomic E-state index is 1.22. The molecule has 2 aliphatic carbocycles. The summed E-state index contributed by atoms with van der Waals surface area (Å²) in [6.45, 7) is 2.21. The Bertz CT molecular complexity index is 2140. The summed E-state index contributed by atoms with van der Waals surface area (Å²) in [5, 5.41) is 11.3. The summed E-state index contributed by atoms with van der Waals surface area (Å²) < 4.78 is 2.85. The lowest BCUT2D eigenvalue weighted by molar-refractivity contribution is 1.54. The van der Waals surface area contributed by atoms with E-state index in [0.29, 0.717) is 0 Å². The lowest BCUT2D eigenvalue weighted by Gasteiger charge is -2.01. The molecule has 0 nitrogen and oxygen atoms in total. The van der Waals surface area contributed by atoms with Crippen LogP contribution >= 0.6 is 22.7 Å². The van der Waals surface area contributed by atoms with Gasteiger partial charge in [0.15, 0.2) is 0 Å². The molecule has 0 saturated carbocycles. The third-order valence-corrected chi connectivity index (χ3v) is 9.51. The van der Waals surface area contributed by atoms with E-state index < -0.39 is 0 Å². The largest absolute Gasteiger partial charge is 0.140 e. The zero-order chi connectivity index (χ0) is 23.1. The first-order chi connectivity index (χ1) is 17.2. The van der Waals surface area contributed by atoms with Crippen LogP contribution in [0.1, 0.15) is 15.3 Å². The van der Waals surface area contributed by atoms with Crippen LogP contribution in [0.3, 0.4) is 0 Å². The number of benzene rings is 4. The lowest BCUT2D eigenvalue weighted by atomic mass is 10.0. The first-order valence-electron chi connectivity index (χ1n) is 11.9. The van der Waals surface area contributed by atoms with Crippen molar-refractivity contribution >= 4 is 45.6 Å². The second-order valence-corrected chi connectivity index (χ2v) is 11.7. The Morgan fingerprint density at radius 3 is 1.83 bits per heavy atom. The quantitative estimate of drug-likeness (QED) is 0.237. The predicted octanol–water partition coefficient (Wildman–Crippen LogP) is 8.88. The van der Waals surface area contributed by atoms with Gasteiger partial charge in [-0.3, -0.25) is 0 Å². The van der Waals surface area contributed by atoms with Crippen LogP contribution in [0.5, 0.6) is 0 Å². The number of hydrogen-bond acceptors (Lipinski definition) is 2. The topological polar surface area (TPSA) is 0 Å². The number of rotatable bonds is 3. The summed E-state index contributed by atoms with van der Waals surface area (Å²) >= 11 is 3.83. The first-order valence-corrected chi connectivity index (χ1v) is 13.6. The highest BCUT2D eigenvalue weighted by molar-refractivity contribution is 7.11. The normalized spacial score (nSPS) is 12.6. The van der Waals surface area contributed by atoms with Crippen molar-refractivity contribution in [3.05, 3.63) is 147 Å². The average molecular weight is 481 g/mol. The Morgan fingerprint density at radius 1 is 0.514 bits per heavy atom. The van der Waals surface area contributed by atoms with Gasteiger partial charge in [-0.2, -0.15) is 0 Å². The van der Waals surface area contributed by atoms with Crippen molar-refractivity contribution in [2.24, 2.45) is 0 Å². The number of hydrogen-bond donors (Lipinski definition) is 0. The minimum Gasteiger partial charge on any atom is -0.140 e. The Hall–Kier alpha value is -3.72. The van der Waals surface area contributed by atoms with E-state index in [1.54, 1.807) is 0 Å². The van der Waals surface area contributed by atoms with Crippen molar-refractivity contribution in [1.29, 1.82) is 0 Å². The fourth-order valence-electron chi connectivity index (χ4n) is 5.73. The van der Waals surface area contributed by atoms with E-state index in [2.05, 4.69) is 110 Å². The lowest BCUT2D eigenvalue weighted by Crippen LogP contribution is -1.79. The highest BCUT2D eigenvalue weighted by atomic mass is 32.1. The van der Waals surface area contributed by atoms with E-state index in [9.17, 15) is 0 Å². The highest BCUT2D eigenvalue weighted by Crippen LogP contribution is 2.33. The summed E-state index contributed by atoms with van der Waals surface area (Å²) in [4.78, 5) is 2.70. The average Bonchev–Trinajstić information content (AvgIpc) is 3.62. The standard InChI is InChI=1S/C33H20S2/c1-19-17-28-24-13-14-25-29-18-23(12-9-20-7-10-22(11-8-20)21-5-3-2-4-6-21)35-33(29)27-16-15-26(32(28)34-19)30(24)31(25)27/h2-18H,1H3/b12-9+. The van der Waals surface area contributed by atoms with E-state index in [-0.39, 0.29) is 0 Å². The van der Waals surface area contributed by atoms with Crippen molar-refractivity contribution in [3.8, 4) is 11.1 Å². The zero-order valence-electron chi connectivity index (χ0n) is 19.1. The number of aryl methyl sites for hydroxylation is 1. The maximum atomic E-state index is 2.38. The van der Waals surface area contributed by atoms with Crippen LogP contribution < -0.4 is 0 Å². The fourth-order valence-corrected chi connectivity index (χ4v) is 7.89. The Labute approximate surface area is 209 Å². The van der Waals surface area contributed by atoms with Crippen LogP contribution in [0.25, 0.3) is 34.1 Å². The maximum absolute atomic E-state index is 2.38. The zero-order valence-corrected chi connectivity index (χ0v) is 20.8. The number of fused-ring (bicyclic) bond motifs is 2. The third-order valence-electron chi connectivity index (χ3n) is 7.29. The maximum Gasteiger partial charge on any atom is 0.0434 e. The van der Waals surface area contributed by atoms with E-state index in [4.69, 9.17) is 0 Å². The van der Waals surface area contributed by atoms with E-state index in [1.165, 1.54) is 77.6 Å². The molecule has 2 heteroatoms. The Kier molecular flexibility index (Phi) is 4.00. The van der Waals surface area contributed by atoms with Gasteiger partial charge >= 0.3 is 0 Å². The summed E-state index contributed by atoms with van der Waals surface area (Å²) in [5.74, 6) is 0. The summed E-state index contributed by atoms with van der Waals surface area (Å²) in [6, 6.07) is 33.5. The van der Waals surface area contributed by atoms with Crippen molar-refractivity contribution < 1.29 is 0 Å².